The minimum atomic E-state index is -3.49. The Labute approximate surface area is 306 Å². The normalized spacial score (nSPS) is 11.0. The SMILES string of the molecule is CC(=O)/C=C(/C)O.O=S(=O)(c1c[c-]c(-c2ccccn2)cc1)c1ccccc1.O=S(=O)(c1c[c-]c(-c2ccccn2)cc1)c1ccccc1.[Ir]. The minimum absolute atomic E-state index is 0. The van der Waals surface area contributed by atoms with Crippen LogP contribution in [0.25, 0.3) is 22.5 Å². The van der Waals surface area contributed by atoms with E-state index in [2.05, 4.69) is 22.1 Å². The van der Waals surface area contributed by atoms with Crippen molar-refractivity contribution in [2.24, 2.45) is 0 Å². The van der Waals surface area contributed by atoms with E-state index < -0.39 is 19.7 Å². The molecule has 0 fully saturated rings. The summed E-state index contributed by atoms with van der Waals surface area (Å²) in [6.07, 6.45) is 4.55. The largest absolute Gasteiger partial charge is 0.512 e. The van der Waals surface area contributed by atoms with Gasteiger partial charge in [-0.3, -0.25) is 4.79 Å². The summed E-state index contributed by atoms with van der Waals surface area (Å²) in [4.78, 5) is 19.5. The van der Waals surface area contributed by atoms with Crippen molar-refractivity contribution in [2.45, 2.75) is 33.4 Å². The summed E-state index contributed by atoms with van der Waals surface area (Å²) in [6, 6.07) is 43.5. The van der Waals surface area contributed by atoms with Crippen molar-refractivity contribution in [3.8, 4) is 22.5 Å². The molecule has 6 rings (SSSR count). The Hall–Kier alpha value is -5.06. The number of hydrogen-bond donors (Lipinski definition) is 1. The number of hydrogen-bond acceptors (Lipinski definition) is 8. The van der Waals surface area contributed by atoms with E-state index >= 15 is 0 Å². The number of benzene rings is 4. The third kappa shape index (κ3) is 11.0. The van der Waals surface area contributed by atoms with E-state index in [-0.39, 0.29) is 51.2 Å². The van der Waals surface area contributed by atoms with Crippen LogP contribution in [0, 0.1) is 12.1 Å². The Morgan fingerprint density at radius 2 is 0.940 bits per heavy atom. The van der Waals surface area contributed by atoms with E-state index in [0.717, 1.165) is 22.5 Å². The molecule has 4 aromatic carbocycles. The summed E-state index contributed by atoms with van der Waals surface area (Å²) < 4.78 is 49.8. The van der Waals surface area contributed by atoms with Gasteiger partial charge in [-0.1, -0.05) is 60.7 Å². The molecule has 1 N–H and O–H groups in total. The second kappa shape index (κ2) is 18.6. The molecule has 11 heteroatoms. The maximum atomic E-state index is 12.4. The minimum Gasteiger partial charge on any atom is -0.512 e. The summed E-state index contributed by atoms with van der Waals surface area (Å²) in [5, 5.41) is 8.36. The van der Waals surface area contributed by atoms with Crippen molar-refractivity contribution in [3.63, 3.8) is 0 Å². The number of aliphatic hydroxyl groups is 1. The third-order valence-electron chi connectivity index (χ3n) is 6.59. The molecule has 257 valence electrons. The number of allylic oxidation sites excluding steroid dienone is 2. The molecule has 0 saturated heterocycles. The van der Waals surface area contributed by atoms with Gasteiger partial charge in [-0.2, -0.15) is 0 Å². The van der Waals surface area contributed by atoms with Crippen molar-refractivity contribution in [2.75, 3.05) is 0 Å². The van der Waals surface area contributed by atoms with Gasteiger partial charge in [-0.15, -0.1) is 59.7 Å². The van der Waals surface area contributed by atoms with Crippen LogP contribution >= 0.6 is 0 Å². The zero-order chi connectivity index (χ0) is 35.3. The summed E-state index contributed by atoms with van der Waals surface area (Å²) >= 11 is 0. The first kappa shape index (κ1) is 39.4. The fourth-order valence-electron chi connectivity index (χ4n) is 4.28. The van der Waals surface area contributed by atoms with Crippen molar-refractivity contribution in [3.05, 3.63) is 170 Å². The molecule has 0 aliphatic carbocycles. The molecule has 2 aromatic heterocycles. The predicted molar refractivity (Wildman–Crippen MR) is 188 cm³/mol. The Kier molecular flexibility index (Phi) is 14.7. The second-order valence-corrected chi connectivity index (χ2v) is 14.2. The number of sulfone groups is 2. The monoisotopic (exact) mass is 881 g/mol. The molecule has 0 aliphatic rings. The van der Waals surface area contributed by atoms with Crippen LogP contribution in [0.5, 0.6) is 0 Å². The zero-order valence-corrected chi connectivity index (χ0v) is 31.0. The van der Waals surface area contributed by atoms with Gasteiger partial charge >= 0.3 is 0 Å². The zero-order valence-electron chi connectivity index (χ0n) is 27.0. The van der Waals surface area contributed by atoms with Gasteiger partial charge in [0.2, 0.25) is 0 Å². The van der Waals surface area contributed by atoms with Crippen LogP contribution in [0.1, 0.15) is 13.8 Å². The van der Waals surface area contributed by atoms with Crippen molar-refractivity contribution in [1.29, 1.82) is 0 Å². The van der Waals surface area contributed by atoms with Crippen LogP contribution < -0.4 is 0 Å². The van der Waals surface area contributed by atoms with Gasteiger partial charge in [-0.25, -0.2) is 16.8 Å². The van der Waals surface area contributed by atoms with Gasteiger partial charge in [0.05, 0.1) is 15.6 Å². The Bertz CT molecular complexity index is 2050. The van der Waals surface area contributed by atoms with Gasteiger partial charge < -0.3 is 15.1 Å². The van der Waals surface area contributed by atoms with E-state index in [0.29, 0.717) is 0 Å². The summed E-state index contributed by atoms with van der Waals surface area (Å²) in [6.45, 7) is 2.85. The van der Waals surface area contributed by atoms with Gasteiger partial charge in [-0.05, 0) is 71.4 Å². The van der Waals surface area contributed by atoms with Crippen LogP contribution in [0.3, 0.4) is 0 Å². The number of carbonyl (C=O) groups is 1. The molecule has 0 saturated carbocycles. The second-order valence-electron chi connectivity index (χ2n) is 10.3. The maximum absolute atomic E-state index is 12.4. The number of aromatic nitrogens is 2. The molecule has 0 atom stereocenters. The fraction of sp³-hybridized carbons (Fsp3) is 0.0513. The van der Waals surface area contributed by atoms with E-state index in [4.69, 9.17) is 5.11 Å². The summed E-state index contributed by atoms with van der Waals surface area (Å²) in [5.74, 6) is -0.0625. The molecule has 6 aromatic rings. The first-order valence-corrected chi connectivity index (χ1v) is 17.8. The molecule has 0 aliphatic heterocycles. The Morgan fingerprint density at radius 3 is 1.20 bits per heavy atom. The molecule has 50 heavy (non-hydrogen) atoms. The molecule has 0 bridgehead atoms. The van der Waals surface area contributed by atoms with Crippen LogP contribution in [0.15, 0.2) is 177 Å². The van der Waals surface area contributed by atoms with Crippen molar-refractivity contribution >= 4 is 25.5 Å². The van der Waals surface area contributed by atoms with Gasteiger partial charge in [0, 0.05) is 38.6 Å². The van der Waals surface area contributed by atoms with Crippen LogP contribution in [-0.2, 0) is 44.6 Å². The number of ketones is 1. The maximum Gasteiger partial charge on any atom is 0.172 e. The van der Waals surface area contributed by atoms with Crippen LogP contribution in [-0.4, -0.2) is 37.7 Å². The number of carbonyl (C=O) groups excluding carboxylic acids is 1. The molecule has 2 heterocycles. The first-order valence-electron chi connectivity index (χ1n) is 14.8. The quantitative estimate of drug-likeness (QED) is 0.0978. The summed E-state index contributed by atoms with van der Waals surface area (Å²) in [7, 11) is -6.98. The van der Waals surface area contributed by atoms with Crippen molar-refractivity contribution in [1.82, 2.24) is 9.97 Å². The first-order chi connectivity index (χ1) is 23.5. The summed E-state index contributed by atoms with van der Waals surface area (Å²) in [5.41, 5.74) is 3.06. The average molecular weight is 881 g/mol. The topological polar surface area (TPSA) is 131 Å². The average Bonchev–Trinajstić information content (AvgIpc) is 3.13. The molecule has 8 nitrogen and oxygen atoms in total. The molecular weight excluding hydrogens is 849 g/mol. The third-order valence-corrected chi connectivity index (χ3v) is 10.1. The smallest absolute Gasteiger partial charge is 0.172 e. The number of pyridine rings is 2. The van der Waals surface area contributed by atoms with E-state index in [1.54, 1.807) is 97.3 Å². The molecular formula is C39H32IrN2O6S2-2. The van der Waals surface area contributed by atoms with Crippen LogP contribution in [0.4, 0.5) is 0 Å². The standard InChI is InChI=1S/2C17H12NO2S.C5H8O2.Ir/c2*19-21(20,15-6-2-1-3-7-15)16-11-9-14(10-12-16)17-8-4-5-13-18-17;1-4(6)3-5(2)7;/h2*1-9,11-13H;3,6H,1-2H3;/q2*-1;;/b;;4-3-;. The Morgan fingerprint density at radius 1 is 0.560 bits per heavy atom. The molecule has 0 amide bonds. The van der Waals surface area contributed by atoms with E-state index in [1.807, 2.05) is 36.4 Å². The number of aliphatic hydroxyl groups excluding tert-OH is 1. The van der Waals surface area contributed by atoms with E-state index in [1.165, 1.54) is 32.1 Å². The van der Waals surface area contributed by atoms with Crippen molar-refractivity contribution < 1.29 is 46.8 Å². The predicted octanol–water partition coefficient (Wildman–Crippen LogP) is 7.80. The van der Waals surface area contributed by atoms with Gasteiger partial charge in [0.25, 0.3) is 0 Å². The number of nitrogens with zero attached hydrogens (tertiary/aromatic N) is 2. The molecule has 0 spiro atoms. The Balaban J connectivity index is 0.000000224. The molecule has 0 unspecified atom stereocenters. The van der Waals surface area contributed by atoms with Gasteiger partial charge in [0.15, 0.2) is 25.5 Å². The van der Waals surface area contributed by atoms with Crippen LogP contribution in [0.2, 0.25) is 0 Å². The van der Waals surface area contributed by atoms with Gasteiger partial charge in [0.1, 0.15) is 0 Å². The van der Waals surface area contributed by atoms with E-state index in [9.17, 15) is 21.6 Å². The fourth-order valence-corrected chi connectivity index (χ4v) is 6.78. The molecule has 1 radical (unpaired) electrons. The number of rotatable bonds is 7.